The van der Waals surface area contributed by atoms with Crippen LogP contribution in [0.15, 0.2) is 90.1 Å². The first-order valence-electron chi connectivity index (χ1n) is 10.8. The molecule has 6 heteroatoms. The molecule has 166 valence electrons. The van der Waals surface area contributed by atoms with Gasteiger partial charge in [0.1, 0.15) is 0 Å². The molecule has 1 heterocycles. The normalized spacial score (nSPS) is 11.1. The molecule has 4 aromatic rings. The van der Waals surface area contributed by atoms with E-state index in [1.165, 1.54) is 22.8 Å². The molecule has 1 amide bonds. The Morgan fingerprint density at radius 2 is 1.67 bits per heavy atom. The van der Waals surface area contributed by atoms with Crippen LogP contribution in [-0.2, 0) is 17.1 Å². The molecule has 0 aliphatic heterocycles. The Bertz CT molecular complexity index is 1250. The summed E-state index contributed by atoms with van der Waals surface area (Å²) in [5.41, 5.74) is 5.65. The number of benzene rings is 3. The van der Waals surface area contributed by atoms with Crippen LogP contribution < -0.4 is 5.32 Å². The number of thioether (sulfide) groups is 1. The summed E-state index contributed by atoms with van der Waals surface area (Å²) in [6.07, 6.45) is 3.33. The Balaban J connectivity index is 1.52. The fourth-order valence-electron chi connectivity index (χ4n) is 3.34. The third kappa shape index (κ3) is 5.99. The van der Waals surface area contributed by atoms with Gasteiger partial charge in [-0.05, 0) is 48.7 Å². The topological polar surface area (TPSA) is 59.8 Å². The fraction of sp³-hybridized carbons (Fsp3) is 0.148. The summed E-state index contributed by atoms with van der Waals surface area (Å²) < 4.78 is 2.02. The van der Waals surface area contributed by atoms with E-state index in [-0.39, 0.29) is 12.5 Å². The molecule has 3 aromatic carbocycles. The smallest absolute Gasteiger partial charge is 0.244 e. The van der Waals surface area contributed by atoms with Gasteiger partial charge in [0.15, 0.2) is 11.0 Å². The van der Waals surface area contributed by atoms with Gasteiger partial charge in [-0.2, -0.15) is 0 Å². The van der Waals surface area contributed by atoms with Gasteiger partial charge < -0.3 is 5.32 Å². The van der Waals surface area contributed by atoms with Gasteiger partial charge in [0.05, 0.1) is 6.54 Å². The average Bonchev–Trinajstić information content (AvgIpc) is 3.25. The van der Waals surface area contributed by atoms with Gasteiger partial charge in [0.2, 0.25) is 5.91 Å². The number of aryl methyl sites for hydroxylation is 2. The molecule has 1 aromatic heterocycles. The molecule has 0 aliphatic rings. The maximum absolute atomic E-state index is 12.4. The molecule has 0 saturated heterocycles. The van der Waals surface area contributed by atoms with Crippen LogP contribution in [0.1, 0.15) is 28.1 Å². The highest BCUT2D eigenvalue weighted by atomic mass is 32.2. The quantitative estimate of drug-likeness (QED) is 0.282. The Morgan fingerprint density at radius 3 is 2.42 bits per heavy atom. The monoisotopic (exact) mass is 454 g/mol. The van der Waals surface area contributed by atoms with E-state index in [0.29, 0.717) is 5.82 Å². The summed E-state index contributed by atoms with van der Waals surface area (Å²) in [6.45, 7) is 4.46. The molecule has 4 rings (SSSR count). The van der Waals surface area contributed by atoms with Crippen molar-refractivity contribution in [1.82, 2.24) is 20.1 Å². The molecule has 0 atom stereocenters. The zero-order valence-electron chi connectivity index (χ0n) is 18.7. The van der Waals surface area contributed by atoms with E-state index in [2.05, 4.69) is 71.8 Å². The highest BCUT2D eigenvalue weighted by Crippen LogP contribution is 2.26. The number of carbonyl (C=O) groups excluding carboxylic acids is 1. The van der Waals surface area contributed by atoms with Gasteiger partial charge in [0.25, 0.3) is 0 Å². The largest absolute Gasteiger partial charge is 0.345 e. The van der Waals surface area contributed by atoms with E-state index in [4.69, 9.17) is 0 Å². The first-order valence-corrected chi connectivity index (χ1v) is 11.8. The maximum Gasteiger partial charge on any atom is 0.244 e. The van der Waals surface area contributed by atoms with Gasteiger partial charge >= 0.3 is 0 Å². The van der Waals surface area contributed by atoms with Crippen molar-refractivity contribution in [3.8, 4) is 5.69 Å². The van der Waals surface area contributed by atoms with Crippen molar-refractivity contribution in [3.63, 3.8) is 0 Å². The summed E-state index contributed by atoms with van der Waals surface area (Å²) >= 11 is 1.64. The number of carbonyl (C=O) groups is 1. The van der Waals surface area contributed by atoms with Crippen molar-refractivity contribution < 1.29 is 4.79 Å². The van der Waals surface area contributed by atoms with Gasteiger partial charge in [-0.1, -0.05) is 84.1 Å². The molecule has 0 bridgehead atoms. The molecule has 0 spiro atoms. The molecular weight excluding hydrogens is 428 g/mol. The summed E-state index contributed by atoms with van der Waals surface area (Å²) in [5, 5.41) is 12.6. The molecule has 0 aliphatic carbocycles. The summed E-state index contributed by atoms with van der Waals surface area (Å²) in [4.78, 5) is 12.4. The van der Waals surface area contributed by atoms with E-state index >= 15 is 0 Å². The van der Waals surface area contributed by atoms with E-state index in [1.54, 1.807) is 17.8 Å². The zero-order valence-corrected chi connectivity index (χ0v) is 19.5. The van der Waals surface area contributed by atoms with Crippen LogP contribution in [0.5, 0.6) is 0 Å². The van der Waals surface area contributed by atoms with Crippen LogP contribution in [0.2, 0.25) is 0 Å². The maximum atomic E-state index is 12.4. The van der Waals surface area contributed by atoms with Gasteiger partial charge in [-0.15, -0.1) is 10.2 Å². The number of nitrogens with one attached hydrogen (secondary N) is 1. The van der Waals surface area contributed by atoms with Crippen LogP contribution in [-0.4, -0.2) is 20.7 Å². The van der Waals surface area contributed by atoms with Crippen LogP contribution in [0, 0.1) is 13.8 Å². The summed E-state index contributed by atoms with van der Waals surface area (Å²) in [5.74, 6) is 1.31. The Hall–Kier alpha value is -3.64. The molecule has 0 radical (unpaired) electrons. The number of nitrogens with zero attached hydrogens (tertiary/aromatic N) is 3. The molecule has 33 heavy (non-hydrogen) atoms. The van der Waals surface area contributed by atoms with Crippen molar-refractivity contribution in [2.45, 2.75) is 31.3 Å². The van der Waals surface area contributed by atoms with Crippen molar-refractivity contribution >= 4 is 23.7 Å². The molecule has 0 fully saturated rings. The van der Waals surface area contributed by atoms with Crippen molar-refractivity contribution in [3.05, 3.63) is 113 Å². The van der Waals surface area contributed by atoms with Crippen LogP contribution >= 0.6 is 11.8 Å². The molecular formula is C27H26N4OS. The third-order valence-electron chi connectivity index (χ3n) is 5.26. The number of hydrogen-bond donors (Lipinski definition) is 1. The minimum absolute atomic E-state index is 0.175. The van der Waals surface area contributed by atoms with E-state index < -0.39 is 0 Å². The standard InChI is InChI=1S/C27H26N4OS/c1-20-12-15-24(16-13-20)31-25(18-28-26(32)17-14-22-9-4-3-5-10-22)29-30-27(31)33-19-23-11-7-6-8-21(23)2/h3-17H,18-19H2,1-2H3,(H,28,32)/b17-14+. The van der Waals surface area contributed by atoms with Gasteiger partial charge in [-0.3, -0.25) is 9.36 Å². The van der Waals surface area contributed by atoms with Crippen LogP contribution in [0.3, 0.4) is 0 Å². The third-order valence-corrected chi connectivity index (χ3v) is 6.24. The lowest BCUT2D eigenvalue weighted by Crippen LogP contribution is -2.22. The fourth-order valence-corrected chi connectivity index (χ4v) is 4.38. The van der Waals surface area contributed by atoms with Crippen molar-refractivity contribution in [2.24, 2.45) is 0 Å². The second-order valence-electron chi connectivity index (χ2n) is 7.75. The minimum Gasteiger partial charge on any atom is -0.345 e. The first kappa shape index (κ1) is 22.6. The zero-order chi connectivity index (χ0) is 23.0. The Morgan fingerprint density at radius 1 is 0.939 bits per heavy atom. The molecule has 1 N–H and O–H groups in total. The number of aromatic nitrogens is 3. The number of rotatable bonds is 8. The second-order valence-corrected chi connectivity index (χ2v) is 8.69. The Labute approximate surface area is 198 Å². The van der Waals surface area contributed by atoms with Crippen molar-refractivity contribution in [2.75, 3.05) is 0 Å². The highest BCUT2D eigenvalue weighted by molar-refractivity contribution is 7.98. The van der Waals surface area contributed by atoms with Crippen LogP contribution in [0.25, 0.3) is 11.8 Å². The molecule has 5 nitrogen and oxygen atoms in total. The van der Waals surface area contributed by atoms with Gasteiger partial charge in [0, 0.05) is 17.5 Å². The lowest BCUT2D eigenvalue weighted by Gasteiger charge is -2.11. The average molecular weight is 455 g/mol. The van der Waals surface area contributed by atoms with E-state index in [1.807, 2.05) is 41.0 Å². The summed E-state index contributed by atoms with van der Waals surface area (Å²) in [6, 6.07) is 26.3. The predicted molar refractivity (Wildman–Crippen MR) is 134 cm³/mol. The lowest BCUT2D eigenvalue weighted by molar-refractivity contribution is -0.116. The first-order chi connectivity index (χ1) is 16.1. The Kier molecular flexibility index (Phi) is 7.37. The predicted octanol–water partition coefficient (Wildman–Crippen LogP) is 5.51. The second kappa shape index (κ2) is 10.8. The minimum atomic E-state index is -0.175. The molecule has 0 unspecified atom stereocenters. The van der Waals surface area contributed by atoms with Crippen LogP contribution in [0.4, 0.5) is 0 Å². The summed E-state index contributed by atoms with van der Waals surface area (Å²) in [7, 11) is 0. The number of hydrogen-bond acceptors (Lipinski definition) is 4. The highest BCUT2D eigenvalue weighted by Gasteiger charge is 2.15. The number of amides is 1. The van der Waals surface area contributed by atoms with E-state index in [0.717, 1.165) is 22.2 Å². The van der Waals surface area contributed by atoms with Crippen molar-refractivity contribution in [1.29, 1.82) is 0 Å². The SMILES string of the molecule is Cc1ccc(-n2c(CNC(=O)/C=C/c3ccccc3)nnc2SCc2ccccc2C)cc1. The molecule has 0 saturated carbocycles. The van der Waals surface area contributed by atoms with Gasteiger partial charge in [-0.25, -0.2) is 0 Å². The van der Waals surface area contributed by atoms with E-state index in [9.17, 15) is 4.79 Å². The lowest BCUT2D eigenvalue weighted by atomic mass is 10.1.